The van der Waals surface area contributed by atoms with Gasteiger partial charge in [-0.2, -0.15) is 0 Å². The Kier molecular flexibility index (Phi) is 24.6. The van der Waals surface area contributed by atoms with Gasteiger partial charge in [0.05, 0.1) is 0 Å². The molecule has 6 heavy (non-hydrogen) atoms. The van der Waals surface area contributed by atoms with Crippen LogP contribution in [-0.4, -0.2) is 30.6 Å². The first-order valence-corrected chi connectivity index (χ1v) is 0.612. The van der Waals surface area contributed by atoms with Crippen LogP contribution in [0.4, 0.5) is 4.79 Å². The predicted molar refractivity (Wildman–Crippen MR) is 11.1 cm³/mol. The van der Waals surface area contributed by atoms with Gasteiger partial charge >= 0.3 is 50.6 Å². The van der Waals surface area contributed by atoms with E-state index in [-0.39, 0.29) is 50.6 Å². The molecule has 0 rings (SSSR count). The van der Waals surface area contributed by atoms with Crippen LogP contribution >= 0.6 is 0 Å². The Morgan fingerprint density at radius 3 is 1.33 bits per heavy atom. The SMILES string of the molecule is O=C([O-])[O-].[Sb+3].[Zr+4]. The fourth-order valence-electron chi connectivity index (χ4n) is 0. The molecule has 0 aromatic rings. The van der Waals surface area contributed by atoms with Crippen LogP contribution in [0.25, 0.3) is 0 Å². The van der Waals surface area contributed by atoms with E-state index >= 15 is 0 Å². The van der Waals surface area contributed by atoms with Crippen LogP contribution in [0.2, 0.25) is 0 Å². The van der Waals surface area contributed by atoms with Gasteiger partial charge < -0.3 is 15.0 Å². The van der Waals surface area contributed by atoms with Crippen molar-refractivity contribution >= 4 is 30.6 Å². The molecule has 26 valence electrons. The molecule has 3 nitrogen and oxygen atoms in total. The number of hydrogen-bond acceptors (Lipinski definition) is 3. The van der Waals surface area contributed by atoms with Gasteiger partial charge in [0.1, 0.15) is 0 Å². The molecule has 0 aliphatic rings. The minimum atomic E-state index is -2.33. The quantitative estimate of drug-likeness (QED) is 0.447. The zero-order valence-electron chi connectivity index (χ0n) is 2.67. The first-order chi connectivity index (χ1) is 1.73. The molecule has 0 fully saturated rings. The monoisotopic (exact) mass is 271 g/mol. The van der Waals surface area contributed by atoms with Crippen molar-refractivity contribution in [2.45, 2.75) is 0 Å². The normalized spacial score (nSPS) is 4.00. The molecule has 0 spiro atoms. The molecule has 0 aliphatic heterocycles. The van der Waals surface area contributed by atoms with Crippen molar-refractivity contribution in [3.63, 3.8) is 0 Å². The van der Waals surface area contributed by atoms with Gasteiger partial charge in [-0.3, -0.25) is 0 Å². The van der Waals surface area contributed by atoms with Crippen molar-refractivity contribution in [1.29, 1.82) is 0 Å². The van der Waals surface area contributed by atoms with E-state index in [1.165, 1.54) is 0 Å². The summed E-state index contributed by atoms with van der Waals surface area (Å²) in [4.78, 5) is 8.33. The number of carbonyl (C=O) groups excluding carboxylic acids is 1. The second kappa shape index (κ2) is 9.36. The van der Waals surface area contributed by atoms with Gasteiger partial charge in [-0.15, -0.1) is 0 Å². The van der Waals surface area contributed by atoms with Crippen LogP contribution in [0.5, 0.6) is 0 Å². The molecule has 5 heteroatoms. The van der Waals surface area contributed by atoms with Gasteiger partial charge in [0.2, 0.25) is 0 Å². The minimum Gasteiger partial charge on any atom is -0.652 e. The Morgan fingerprint density at radius 2 is 1.33 bits per heavy atom. The number of hydrogen-bond donors (Lipinski definition) is 0. The van der Waals surface area contributed by atoms with Gasteiger partial charge in [-0.05, 0) is 6.16 Å². The second-order valence-corrected chi connectivity index (χ2v) is 0.250. The van der Waals surface area contributed by atoms with Crippen LogP contribution in [0.15, 0.2) is 0 Å². The zero-order valence-corrected chi connectivity index (χ0v) is 7.68. The molecule has 0 aromatic carbocycles. The molecule has 0 saturated heterocycles. The summed E-state index contributed by atoms with van der Waals surface area (Å²) in [7, 11) is 0. The Balaban J connectivity index is -0.0000000450. The molecule has 0 unspecified atom stereocenters. The third-order valence-electron chi connectivity index (χ3n) is 0. The van der Waals surface area contributed by atoms with E-state index in [0.29, 0.717) is 0 Å². The summed E-state index contributed by atoms with van der Waals surface area (Å²) in [6.45, 7) is 0. The van der Waals surface area contributed by atoms with Gasteiger partial charge in [-0.25, -0.2) is 0 Å². The van der Waals surface area contributed by atoms with Crippen molar-refractivity contribution in [3.8, 4) is 0 Å². The summed E-state index contributed by atoms with van der Waals surface area (Å²) in [5.41, 5.74) is 0. The van der Waals surface area contributed by atoms with Crippen molar-refractivity contribution < 1.29 is 41.2 Å². The standard InChI is InChI=1S/CH2O3.Sb.Zr/c2-1(3)4;;/h(H2,2,3,4);;/q;+3;+4/p-2. The molecule has 0 heterocycles. The van der Waals surface area contributed by atoms with Crippen LogP contribution in [-0.2, 0) is 26.2 Å². The maximum absolute atomic E-state index is 8.33. The number of carbonyl (C=O) groups is 1. The predicted octanol–water partition coefficient (Wildman–Crippen LogP) is -2.83. The summed E-state index contributed by atoms with van der Waals surface area (Å²) < 4.78 is 0. The van der Waals surface area contributed by atoms with E-state index in [0.717, 1.165) is 0 Å². The maximum atomic E-state index is 8.33. The Hall–Kier alpha value is 0.971. The third-order valence-corrected chi connectivity index (χ3v) is 0. The largest absolute Gasteiger partial charge is 4.00 e. The van der Waals surface area contributed by atoms with Crippen LogP contribution < -0.4 is 10.2 Å². The molecular formula is CO3SbZr+5. The smallest absolute Gasteiger partial charge is 0.652 e. The van der Waals surface area contributed by atoms with Gasteiger partial charge in [-0.1, -0.05) is 0 Å². The summed E-state index contributed by atoms with van der Waals surface area (Å²) in [6.07, 6.45) is -2.33. The second-order valence-electron chi connectivity index (χ2n) is 0.250. The van der Waals surface area contributed by atoms with Crippen molar-refractivity contribution in [2.24, 2.45) is 0 Å². The third kappa shape index (κ3) is 83.1. The van der Waals surface area contributed by atoms with Crippen LogP contribution in [0.3, 0.4) is 0 Å². The molecule has 0 amide bonds. The number of carboxylic acid groups (broad SMARTS) is 2. The van der Waals surface area contributed by atoms with E-state index in [9.17, 15) is 0 Å². The first-order valence-electron chi connectivity index (χ1n) is 0.612. The zero-order chi connectivity index (χ0) is 3.58. The van der Waals surface area contributed by atoms with Gasteiger partial charge in [0, 0.05) is 0 Å². The minimum absolute atomic E-state index is 0. The van der Waals surface area contributed by atoms with E-state index in [1.807, 2.05) is 0 Å². The number of rotatable bonds is 0. The molecule has 0 N–H and O–H groups in total. The molecule has 2 radical (unpaired) electrons. The average molecular weight is 273 g/mol. The topological polar surface area (TPSA) is 63.2 Å². The molecule has 0 bridgehead atoms. The summed E-state index contributed by atoms with van der Waals surface area (Å²) in [6, 6.07) is 0. The van der Waals surface area contributed by atoms with Gasteiger partial charge in [0.25, 0.3) is 0 Å². The van der Waals surface area contributed by atoms with Crippen molar-refractivity contribution in [1.82, 2.24) is 0 Å². The Labute approximate surface area is 71.3 Å². The molecule has 0 aliphatic carbocycles. The first kappa shape index (κ1) is 15.8. The summed E-state index contributed by atoms with van der Waals surface area (Å²) in [5.74, 6) is 0. The van der Waals surface area contributed by atoms with Crippen LogP contribution in [0, 0.1) is 0 Å². The summed E-state index contributed by atoms with van der Waals surface area (Å²) in [5, 5.41) is 16.7. The van der Waals surface area contributed by atoms with E-state index in [4.69, 9.17) is 15.0 Å². The van der Waals surface area contributed by atoms with E-state index in [1.54, 1.807) is 0 Å². The Morgan fingerprint density at radius 1 is 1.33 bits per heavy atom. The van der Waals surface area contributed by atoms with Crippen molar-refractivity contribution in [3.05, 3.63) is 0 Å². The fraction of sp³-hybridized carbons (Fsp3) is 0. The molecule has 0 atom stereocenters. The van der Waals surface area contributed by atoms with Crippen LogP contribution in [0.1, 0.15) is 0 Å². The Bertz CT molecular complexity index is 33.8. The van der Waals surface area contributed by atoms with E-state index in [2.05, 4.69) is 0 Å². The maximum Gasteiger partial charge on any atom is 4.00 e. The summed E-state index contributed by atoms with van der Waals surface area (Å²) >= 11 is 0. The fourth-order valence-corrected chi connectivity index (χ4v) is 0. The van der Waals surface area contributed by atoms with E-state index < -0.39 is 6.16 Å². The molecule has 0 saturated carbocycles. The average Bonchev–Trinajstić information content (AvgIpc) is 0.811. The molecule has 0 aromatic heterocycles. The van der Waals surface area contributed by atoms with Crippen molar-refractivity contribution in [2.75, 3.05) is 0 Å². The van der Waals surface area contributed by atoms with Gasteiger partial charge in [0.15, 0.2) is 0 Å². The molecular weight excluding hydrogens is 273 g/mol.